The van der Waals surface area contributed by atoms with E-state index in [2.05, 4.69) is 0 Å². The van der Waals surface area contributed by atoms with E-state index in [9.17, 15) is 8.78 Å². The zero-order chi connectivity index (χ0) is 12.1. The van der Waals surface area contributed by atoms with Gasteiger partial charge in [0.1, 0.15) is 11.6 Å². The van der Waals surface area contributed by atoms with Crippen molar-refractivity contribution in [1.29, 1.82) is 0 Å². The standard InChI is InChI=1S/C11H15F2NO2/c1-15-11(16-2)10(14)6-7-8(12)4-3-5-9(7)13/h3-5,10-11H,6,14H2,1-2H3. The molecule has 3 nitrogen and oxygen atoms in total. The van der Waals surface area contributed by atoms with Crippen LogP contribution in [0.25, 0.3) is 0 Å². The first-order valence-electron chi connectivity index (χ1n) is 4.84. The first kappa shape index (κ1) is 13.0. The van der Waals surface area contributed by atoms with Gasteiger partial charge in [0.15, 0.2) is 6.29 Å². The van der Waals surface area contributed by atoms with Gasteiger partial charge < -0.3 is 15.2 Å². The summed E-state index contributed by atoms with van der Waals surface area (Å²) in [5, 5.41) is 0. The van der Waals surface area contributed by atoms with Crippen molar-refractivity contribution in [2.24, 2.45) is 5.73 Å². The molecular weight excluding hydrogens is 216 g/mol. The third-order valence-corrected chi connectivity index (χ3v) is 2.32. The highest BCUT2D eigenvalue weighted by Crippen LogP contribution is 2.15. The normalized spacial score (nSPS) is 13.1. The average Bonchev–Trinajstić information content (AvgIpc) is 2.25. The Morgan fingerprint density at radius 3 is 2.12 bits per heavy atom. The van der Waals surface area contributed by atoms with Crippen LogP contribution in [0.4, 0.5) is 8.78 Å². The Morgan fingerprint density at radius 2 is 1.69 bits per heavy atom. The topological polar surface area (TPSA) is 44.5 Å². The number of hydrogen-bond acceptors (Lipinski definition) is 3. The van der Waals surface area contributed by atoms with Gasteiger partial charge in [0.2, 0.25) is 0 Å². The maximum Gasteiger partial charge on any atom is 0.172 e. The molecule has 16 heavy (non-hydrogen) atoms. The largest absolute Gasteiger partial charge is 0.354 e. The van der Waals surface area contributed by atoms with Crippen molar-refractivity contribution < 1.29 is 18.3 Å². The van der Waals surface area contributed by atoms with Crippen LogP contribution in [-0.4, -0.2) is 26.6 Å². The lowest BCUT2D eigenvalue weighted by atomic mass is 10.0. The van der Waals surface area contributed by atoms with Crippen LogP contribution in [0, 0.1) is 11.6 Å². The second-order valence-corrected chi connectivity index (χ2v) is 3.41. The van der Waals surface area contributed by atoms with Gasteiger partial charge in [-0.3, -0.25) is 0 Å². The van der Waals surface area contributed by atoms with Gasteiger partial charge in [0.25, 0.3) is 0 Å². The molecule has 0 aliphatic carbocycles. The van der Waals surface area contributed by atoms with Crippen LogP contribution in [0.3, 0.4) is 0 Å². The van der Waals surface area contributed by atoms with Gasteiger partial charge in [-0.15, -0.1) is 0 Å². The van der Waals surface area contributed by atoms with Crippen LogP contribution in [0.5, 0.6) is 0 Å². The number of rotatable bonds is 5. The molecular formula is C11H15F2NO2. The zero-order valence-electron chi connectivity index (χ0n) is 9.24. The Bertz CT molecular complexity index is 323. The minimum atomic E-state index is -0.681. The zero-order valence-corrected chi connectivity index (χ0v) is 9.24. The molecule has 5 heteroatoms. The van der Waals surface area contributed by atoms with Crippen LogP contribution in [0.1, 0.15) is 5.56 Å². The summed E-state index contributed by atoms with van der Waals surface area (Å²) < 4.78 is 36.5. The molecule has 0 bridgehead atoms. The smallest absolute Gasteiger partial charge is 0.172 e. The van der Waals surface area contributed by atoms with E-state index < -0.39 is 24.0 Å². The second-order valence-electron chi connectivity index (χ2n) is 3.41. The first-order valence-corrected chi connectivity index (χ1v) is 4.84. The van der Waals surface area contributed by atoms with Crippen LogP contribution in [-0.2, 0) is 15.9 Å². The molecule has 2 N–H and O–H groups in total. The molecule has 0 amide bonds. The Labute approximate surface area is 93.2 Å². The Kier molecular flexibility index (Phi) is 4.79. The summed E-state index contributed by atoms with van der Waals surface area (Å²) in [4.78, 5) is 0. The maximum absolute atomic E-state index is 13.3. The first-order chi connectivity index (χ1) is 7.60. The monoisotopic (exact) mass is 231 g/mol. The van der Waals surface area contributed by atoms with Gasteiger partial charge >= 0.3 is 0 Å². The van der Waals surface area contributed by atoms with Crippen molar-refractivity contribution in [2.45, 2.75) is 18.8 Å². The van der Waals surface area contributed by atoms with Crippen molar-refractivity contribution in [3.63, 3.8) is 0 Å². The van der Waals surface area contributed by atoms with Crippen LogP contribution in [0.15, 0.2) is 18.2 Å². The predicted molar refractivity (Wildman–Crippen MR) is 55.8 cm³/mol. The summed E-state index contributed by atoms with van der Waals surface area (Å²) in [6.07, 6.45) is -0.663. The number of nitrogens with two attached hydrogens (primary N) is 1. The molecule has 1 aromatic carbocycles. The summed E-state index contributed by atoms with van der Waals surface area (Å²) in [6, 6.07) is 3.07. The van der Waals surface area contributed by atoms with Gasteiger partial charge in [0.05, 0.1) is 6.04 Å². The molecule has 0 heterocycles. The molecule has 0 spiro atoms. The third kappa shape index (κ3) is 2.98. The summed E-state index contributed by atoms with van der Waals surface area (Å²) in [5.74, 6) is -1.22. The number of halogens is 2. The van der Waals surface area contributed by atoms with E-state index in [1.54, 1.807) is 0 Å². The molecule has 0 saturated carbocycles. The van der Waals surface area contributed by atoms with Gasteiger partial charge in [0, 0.05) is 19.8 Å². The summed E-state index contributed by atoms with van der Waals surface area (Å²) >= 11 is 0. The predicted octanol–water partition coefficient (Wildman–Crippen LogP) is 1.45. The molecule has 1 rings (SSSR count). The molecule has 0 saturated heterocycles. The van der Waals surface area contributed by atoms with Gasteiger partial charge in [-0.2, -0.15) is 0 Å². The van der Waals surface area contributed by atoms with Crippen molar-refractivity contribution >= 4 is 0 Å². The highest BCUT2D eigenvalue weighted by Gasteiger charge is 2.20. The molecule has 1 aromatic rings. The number of benzene rings is 1. The van der Waals surface area contributed by atoms with Crippen LogP contribution in [0.2, 0.25) is 0 Å². The maximum atomic E-state index is 13.3. The Morgan fingerprint density at radius 1 is 1.19 bits per heavy atom. The van der Waals surface area contributed by atoms with Crippen molar-refractivity contribution in [3.05, 3.63) is 35.4 Å². The van der Waals surface area contributed by atoms with Gasteiger partial charge in [-0.05, 0) is 18.6 Å². The lowest BCUT2D eigenvalue weighted by Crippen LogP contribution is -2.39. The fourth-order valence-corrected chi connectivity index (χ4v) is 1.51. The number of hydrogen-bond donors (Lipinski definition) is 1. The molecule has 0 aromatic heterocycles. The van der Waals surface area contributed by atoms with Gasteiger partial charge in [-0.1, -0.05) is 6.07 Å². The molecule has 90 valence electrons. The van der Waals surface area contributed by atoms with Gasteiger partial charge in [-0.25, -0.2) is 8.78 Å². The van der Waals surface area contributed by atoms with Crippen molar-refractivity contribution in [1.82, 2.24) is 0 Å². The summed E-state index contributed by atoms with van der Waals surface area (Å²) in [6.45, 7) is 0. The van der Waals surface area contributed by atoms with E-state index in [0.29, 0.717) is 0 Å². The lowest BCUT2D eigenvalue weighted by molar-refractivity contribution is -0.116. The number of ether oxygens (including phenoxy) is 2. The fraction of sp³-hybridized carbons (Fsp3) is 0.455. The molecule has 0 aliphatic heterocycles. The van der Waals surface area contributed by atoms with Crippen LogP contribution < -0.4 is 5.73 Å². The lowest BCUT2D eigenvalue weighted by Gasteiger charge is -2.21. The van der Waals surface area contributed by atoms with Crippen molar-refractivity contribution in [3.8, 4) is 0 Å². The van der Waals surface area contributed by atoms with E-state index in [0.717, 1.165) is 0 Å². The fourth-order valence-electron chi connectivity index (χ4n) is 1.51. The molecule has 0 fully saturated rings. The molecule has 0 radical (unpaired) electrons. The third-order valence-electron chi connectivity index (χ3n) is 2.32. The molecule has 0 aliphatic rings. The van der Waals surface area contributed by atoms with Crippen LogP contribution >= 0.6 is 0 Å². The SMILES string of the molecule is COC(OC)C(N)Cc1c(F)cccc1F. The Balaban J connectivity index is 2.80. The highest BCUT2D eigenvalue weighted by molar-refractivity contribution is 5.20. The molecule has 1 atom stereocenters. The Hall–Kier alpha value is -1.04. The minimum Gasteiger partial charge on any atom is -0.354 e. The van der Waals surface area contributed by atoms with E-state index in [4.69, 9.17) is 15.2 Å². The van der Waals surface area contributed by atoms with Crippen molar-refractivity contribution in [2.75, 3.05) is 14.2 Å². The average molecular weight is 231 g/mol. The second kappa shape index (κ2) is 5.89. The highest BCUT2D eigenvalue weighted by atomic mass is 19.1. The van der Waals surface area contributed by atoms with E-state index in [1.807, 2.05) is 0 Å². The van der Waals surface area contributed by atoms with E-state index in [-0.39, 0.29) is 12.0 Å². The van der Waals surface area contributed by atoms with E-state index in [1.165, 1.54) is 32.4 Å². The summed E-state index contributed by atoms with van der Waals surface area (Å²) in [5.41, 5.74) is 5.68. The quantitative estimate of drug-likeness (QED) is 0.780. The minimum absolute atomic E-state index is 0.0187. The summed E-state index contributed by atoms with van der Waals surface area (Å²) in [7, 11) is 2.84. The molecule has 1 unspecified atom stereocenters. The van der Waals surface area contributed by atoms with E-state index >= 15 is 0 Å². The number of methoxy groups -OCH3 is 2.